The lowest BCUT2D eigenvalue weighted by Crippen LogP contribution is -2.59. The average molecular weight is 784 g/mol. The van der Waals surface area contributed by atoms with Crippen LogP contribution in [0.5, 0.6) is 0 Å². The molecule has 0 saturated carbocycles. The van der Waals surface area contributed by atoms with Crippen molar-refractivity contribution in [3.8, 4) is 22.3 Å². The first-order valence-electron chi connectivity index (χ1n) is 13.5. The number of fused-ring (bicyclic) bond motifs is 3. The Morgan fingerprint density at radius 2 is 0.660 bits per heavy atom. The molecule has 0 aliphatic heterocycles. The lowest BCUT2D eigenvalue weighted by Gasteiger charge is -2.26. The zero-order valence-electron chi connectivity index (χ0n) is 24.2. The largest absolute Gasteiger partial charge is 0.302 e. The summed E-state index contributed by atoms with van der Waals surface area (Å²) in [5.74, 6) is -64.7. The van der Waals surface area contributed by atoms with Gasteiger partial charge in [-0.25, -0.2) is 83.4 Å². The Hall–Kier alpha value is -5.31. The minimum atomic E-state index is -5.83. The number of hydrogen-bond acceptors (Lipinski definition) is 0. The van der Waals surface area contributed by atoms with Crippen LogP contribution in [0.2, 0.25) is 0 Å². The molecule has 53 heavy (non-hydrogen) atoms. The zero-order valence-corrected chi connectivity index (χ0v) is 24.2. The molecule has 0 spiro atoms. The molecule has 6 rings (SSSR count). The van der Waals surface area contributed by atoms with Gasteiger partial charge in [0, 0.05) is 22.3 Å². The summed E-state index contributed by atoms with van der Waals surface area (Å²) in [7, 11) is 0. The van der Waals surface area contributed by atoms with E-state index in [2.05, 4.69) is 0 Å². The second-order valence-corrected chi connectivity index (χ2v) is 10.9. The lowest BCUT2D eigenvalue weighted by molar-refractivity contribution is 0.0435. The first kappa shape index (κ1) is 37.5. The summed E-state index contributed by atoms with van der Waals surface area (Å²) in [6.07, 6.45) is 0. The minimum absolute atomic E-state index is 0.290. The van der Waals surface area contributed by atoms with Crippen LogP contribution in [-0.2, 0) is 5.92 Å². The molecule has 0 bridgehead atoms. The highest BCUT2D eigenvalue weighted by Gasteiger charge is 2.56. The van der Waals surface area contributed by atoms with Gasteiger partial charge in [-0.3, -0.25) is 0 Å². The molecular formula is C31H2BF21. The first-order valence-corrected chi connectivity index (χ1v) is 13.5. The van der Waals surface area contributed by atoms with Gasteiger partial charge >= 0.3 is 5.92 Å². The van der Waals surface area contributed by atoms with Gasteiger partial charge in [0.2, 0.25) is 5.82 Å². The van der Waals surface area contributed by atoms with Gasteiger partial charge in [-0.1, -0.05) is 6.07 Å². The predicted octanol–water partition coefficient (Wildman–Crippen LogP) is 8.63. The van der Waals surface area contributed by atoms with Crippen molar-refractivity contribution in [1.82, 2.24) is 0 Å². The third-order valence-corrected chi connectivity index (χ3v) is 8.22. The summed E-state index contributed by atoms with van der Waals surface area (Å²) in [5.41, 5.74) is -24.4. The molecule has 276 valence electrons. The fourth-order valence-corrected chi connectivity index (χ4v) is 6.00. The summed E-state index contributed by atoms with van der Waals surface area (Å²) in [5, 5.41) is 0. The molecule has 0 nitrogen and oxygen atoms in total. The molecule has 5 aromatic carbocycles. The molecule has 0 radical (unpaired) electrons. The van der Waals surface area contributed by atoms with Gasteiger partial charge in [0.05, 0.1) is 11.1 Å². The molecule has 1 aliphatic rings. The fraction of sp³-hybridized carbons (Fsp3) is 0.0323. The highest BCUT2D eigenvalue weighted by molar-refractivity contribution is 6.96. The standard InChI is InChI=1S/C31H2BF21/c33-4-2-1-3(13(34)14(4)35)32(11-7(17(38)25(46)29(50)21(11)42)8-18(39)26(47)30(51)27(48)19(8)40)12-9-5(15(36)23(44)22(12)43)6-10(31(9,52)53)20(41)28(49)24(45)16(6)37/h1-2H. The fourth-order valence-electron chi connectivity index (χ4n) is 6.00. The molecule has 0 unspecified atom stereocenters. The maximum absolute atomic E-state index is 16.2. The molecule has 1 aliphatic carbocycles. The molecule has 0 amide bonds. The van der Waals surface area contributed by atoms with Gasteiger partial charge in [-0.2, -0.15) is 8.78 Å². The molecule has 0 aromatic heterocycles. The van der Waals surface area contributed by atoms with Crippen LogP contribution in [0.25, 0.3) is 22.3 Å². The average Bonchev–Trinajstić information content (AvgIpc) is 3.36. The topological polar surface area (TPSA) is 0 Å². The second-order valence-electron chi connectivity index (χ2n) is 10.9. The van der Waals surface area contributed by atoms with E-state index in [1.807, 2.05) is 0 Å². The Morgan fingerprint density at radius 3 is 1.17 bits per heavy atom. The Balaban J connectivity index is 1.95. The first-order chi connectivity index (χ1) is 24.5. The van der Waals surface area contributed by atoms with E-state index in [1.165, 1.54) is 0 Å². The molecular weight excluding hydrogens is 782 g/mol. The minimum Gasteiger partial charge on any atom is -0.204 e. The predicted molar refractivity (Wildman–Crippen MR) is 137 cm³/mol. The van der Waals surface area contributed by atoms with Crippen LogP contribution in [0, 0.1) is 111 Å². The quantitative estimate of drug-likeness (QED) is 0.0742. The molecule has 0 fully saturated rings. The third kappa shape index (κ3) is 4.78. The van der Waals surface area contributed by atoms with Crippen molar-refractivity contribution in [2.45, 2.75) is 5.92 Å². The maximum atomic E-state index is 16.2. The van der Waals surface area contributed by atoms with Gasteiger partial charge in [0.15, 0.2) is 105 Å². The monoisotopic (exact) mass is 784 g/mol. The molecule has 0 heterocycles. The van der Waals surface area contributed by atoms with Crippen molar-refractivity contribution in [3.63, 3.8) is 0 Å². The van der Waals surface area contributed by atoms with Crippen LogP contribution >= 0.6 is 0 Å². The van der Waals surface area contributed by atoms with Crippen molar-refractivity contribution < 1.29 is 92.2 Å². The van der Waals surface area contributed by atoms with Gasteiger partial charge in [-0.05, 0) is 22.5 Å². The van der Waals surface area contributed by atoms with E-state index >= 15 is 43.9 Å². The van der Waals surface area contributed by atoms with E-state index in [0.717, 1.165) is 0 Å². The van der Waals surface area contributed by atoms with Crippen molar-refractivity contribution in [2.75, 3.05) is 0 Å². The van der Waals surface area contributed by atoms with Gasteiger partial charge in [-0.15, -0.1) is 0 Å². The number of benzene rings is 5. The molecule has 0 atom stereocenters. The van der Waals surface area contributed by atoms with Crippen LogP contribution in [0.3, 0.4) is 0 Å². The van der Waals surface area contributed by atoms with E-state index in [-0.39, 0.29) is 12.1 Å². The third-order valence-electron chi connectivity index (χ3n) is 8.22. The number of alkyl halides is 2. The van der Waals surface area contributed by atoms with E-state index in [9.17, 15) is 48.3 Å². The zero-order chi connectivity index (χ0) is 39.7. The molecule has 0 N–H and O–H groups in total. The maximum Gasteiger partial charge on any atom is 0.302 e. The van der Waals surface area contributed by atoms with Crippen molar-refractivity contribution >= 4 is 23.1 Å². The van der Waals surface area contributed by atoms with Gasteiger partial charge < -0.3 is 0 Å². The van der Waals surface area contributed by atoms with Crippen LogP contribution in [0.15, 0.2) is 12.1 Å². The summed E-state index contributed by atoms with van der Waals surface area (Å²) >= 11 is 0. The van der Waals surface area contributed by atoms with Crippen molar-refractivity contribution in [2.24, 2.45) is 0 Å². The van der Waals surface area contributed by atoms with E-state index in [4.69, 9.17) is 0 Å². The molecule has 5 aromatic rings. The lowest BCUT2D eigenvalue weighted by atomic mass is 9.34. The highest BCUT2D eigenvalue weighted by atomic mass is 19.3. The number of hydrogen-bond donors (Lipinski definition) is 0. The Kier molecular flexibility index (Phi) is 8.56. The molecule has 22 heteroatoms. The van der Waals surface area contributed by atoms with Crippen molar-refractivity contribution in [1.29, 1.82) is 0 Å². The van der Waals surface area contributed by atoms with E-state index in [1.54, 1.807) is 0 Å². The van der Waals surface area contributed by atoms with Crippen molar-refractivity contribution in [3.05, 3.63) is 134 Å². The Bertz CT molecular complexity index is 2460. The van der Waals surface area contributed by atoms with Gasteiger partial charge in [0.25, 0.3) is 6.71 Å². The smallest absolute Gasteiger partial charge is 0.204 e. The normalized spacial score (nSPS) is 13.2. The SMILES string of the molecule is Fc1ccc(B(c2c(F)c(F)c(F)c(F)c2-c2c(F)c(F)c(F)c(F)c2F)c2c(F)c(F)c(F)c3c2C(F)(F)c2c(F)c(F)c(F)c(F)c2-3)c(F)c1F. The van der Waals surface area contributed by atoms with E-state index in [0.29, 0.717) is 0 Å². The summed E-state index contributed by atoms with van der Waals surface area (Å²) in [6.45, 7) is -4.12. The Morgan fingerprint density at radius 1 is 0.302 bits per heavy atom. The number of halogens is 21. The van der Waals surface area contributed by atoms with Crippen LogP contribution < -0.4 is 16.4 Å². The number of rotatable bonds is 4. The van der Waals surface area contributed by atoms with E-state index < -0.39 is 173 Å². The summed E-state index contributed by atoms with van der Waals surface area (Å²) in [6, 6.07) is -0.588. The van der Waals surface area contributed by atoms with Crippen LogP contribution in [0.1, 0.15) is 11.1 Å². The molecule has 0 saturated heterocycles. The summed E-state index contributed by atoms with van der Waals surface area (Å²) in [4.78, 5) is 0. The second kappa shape index (κ2) is 12.1. The van der Waals surface area contributed by atoms with Crippen LogP contribution in [0.4, 0.5) is 92.2 Å². The Labute approximate surface area is 277 Å². The summed E-state index contributed by atoms with van der Waals surface area (Å²) < 4.78 is 315. The van der Waals surface area contributed by atoms with Gasteiger partial charge in [0.1, 0.15) is 0 Å². The van der Waals surface area contributed by atoms with Crippen LogP contribution in [-0.4, -0.2) is 6.71 Å². The highest BCUT2D eigenvalue weighted by Crippen LogP contribution is 2.55.